The van der Waals surface area contributed by atoms with Crippen LogP contribution in [-0.4, -0.2) is 34.8 Å². The molecule has 1 aliphatic heterocycles. The van der Waals surface area contributed by atoms with Gasteiger partial charge in [0, 0.05) is 5.54 Å². The molecule has 1 spiro atoms. The van der Waals surface area contributed by atoms with Crippen LogP contribution >= 0.6 is 0 Å². The number of carbonyl (C=O) groups is 1. The fraction of sp³-hybridized carbons (Fsp3) is 0.611. The largest absolute Gasteiger partial charge is 0.444 e. The molecule has 2 fully saturated rings. The van der Waals surface area contributed by atoms with Crippen molar-refractivity contribution in [3.63, 3.8) is 0 Å². The zero-order chi connectivity index (χ0) is 18.4. The maximum Gasteiger partial charge on any atom is 0.410 e. The van der Waals surface area contributed by atoms with E-state index in [-0.39, 0.29) is 29.9 Å². The van der Waals surface area contributed by atoms with Crippen molar-refractivity contribution in [3.8, 4) is 0 Å². The van der Waals surface area contributed by atoms with Crippen LogP contribution in [-0.2, 0) is 16.1 Å². The summed E-state index contributed by atoms with van der Waals surface area (Å²) in [4.78, 5) is 14.1. The highest BCUT2D eigenvalue weighted by atomic mass is 19.2. The average Bonchev–Trinajstić information content (AvgIpc) is 3.14. The Balaban J connectivity index is 1.61. The van der Waals surface area contributed by atoms with E-state index >= 15 is 0 Å². The molecule has 2 aliphatic rings. The van der Waals surface area contributed by atoms with Crippen molar-refractivity contribution < 1.29 is 27.4 Å². The third-order valence-corrected chi connectivity index (χ3v) is 4.54. The van der Waals surface area contributed by atoms with Crippen LogP contribution < -0.4 is 0 Å². The number of benzene rings is 1. The lowest BCUT2D eigenvalue weighted by Gasteiger charge is -2.28. The Hall–Kier alpha value is -1.76. The van der Waals surface area contributed by atoms with Crippen LogP contribution in [0.1, 0.15) is 45.6 Å². The van der Waals surface area contributed by atoms with E-state index in [9.17, 15) is 18.0 Å². The van der Waals surface area contributed by atoms with Crippen LogP contribution in [0.25, 0.3) is 0 Å². The van der Waals surface area contributed by atoms with E-state index in [1.165, 1.54) is 0 Å². The molecule has 0 aromatic heterocycles. The lowest BCUT2D eigenvalue weighted by atomic mass is 10.1. The van der Waals surface area contributed by atoms with Crippen molar-refractivity contribution in [1.82, 2.24) is 4.90 Å². The molecule has 138 valence electrons. The molecule has 1 amide bonds. The molecule has 1 aliphatic carbocycles. The molecule has 1 saturated heterocycles. The number of hydrogen-bond acceptors (Lipinski definition) is 3. The standard InChI is InChI=1S/C18H22F3NO3/c1-17(2,3)25-16(23)22-9-12(8-18(22)4-5-18)24-10-11-6-13(19)15(21)14(20)7-11/h6-7,12H,4-5,8-10H2,1-3H3. The number of halogens is 3. The normalized spacial score (nSPS) is 21.7. The van der Waals surface area contributed by atoms with Crippen LogP contribution in [0.5, 0.6) is 0 Å². The molecule has 1 aromatic rings. The van der Waals surface area contributed by atoms with Gasteiger partial charge >= 0.3 is 6.09 Å². The smallest absolute Gasteiger partial charge is 0.410 e. The Morgan fingerprint density at radius 2 is 1.84 bits per heavy atom. The van der Waals surface area contributed by atoms with Crippen molar-refractivity contribution in [1.29, 1.82) is 0 Å². The van der Waals surface area contributed by atoms with Crippen molar-refractivity contribution in [2.24, 2.45) is 0 Å². The van der Waals surface area contributed by atoms with Gasteiger partial charge in [-0.25, -0.2) is 18.0 Å². The van der Waals surface area contributed by atoms with E-state index < -0.39 is 23.1 Å². The minimum absolute atomic E-state index is 0.0446. The van der Waals surface area contributed by atoms with Gasteiger partial charge in [-0.05, 0) is 57.7 Å². The molecule has 3 rings (SSSR count). The first kappa shape index (κ1) is 18.0. The van der Waals surface area contributed by atoms with Crippen LogP contribution in [0.3, 0.4) is 0 Å². The molecule has 0 radical (unpaired) electrons. The van der Waals surface area contributed by atoms with Crippen molar-refractivity contribution in [2.45, 2.75) is 63.9 Å². The van der Waals surface area contributed by atoms with Gasteiger partial charge in [-0.1, -0.05) is 0 Å². The summed E-state index contributed by atoms with van der Waals surface area (Å²) in [5, 5.41) is 0. The SMILES string of the molecule is CC(C)(C)OC(=O)N1CC(OCc2cc(F)c(F)c(F)c2)CC12CC2. The summed E-state index contributed by atoms with van der Waals surface area (Å²) in [5.74, 6) is -3.96. The first-order valence-corrected chi connectivity index (χ1v) is 8.35. The molecule has 4 nitrogen and oxygen atoms in total. The van der Waals surface area contributed by atoms with Crippen LogP contribution in [0, 0.1) is 17.5 Å². The first-order chi connectivity index (χ1) is 11.6. The van der Waals surface area contributed by atoms with E-state index in [0.717, 1.165) is 25.0 Å². The molecule has 1 aromatic carbocycles. The summed E-state index contributed by atoms with van der Waals surface area (Å²) in [5.41, 5.74) is -0.571. The van der Waals surface area contributed by atoms with E-state index in [0.29, 0.717) is 13.0 Å². The van der Waals surface area contributed by atoms with Crippen LogP contribution in [0.15, 0.2) is 12.1 Å². The number of hydrogen-bond donors (Lipinski definition) is 0. The molecule has 1 atom stereocenters. The molecule has 0 N–H and O–H groups in total. The number of rotatable bonds is 3. The number of likely N-dealkylation sites (tertiary alicyclic amines) is 1. The number of carbonyl (C=O) groups excluding carboxylic acids is 1. The van der Waals surface area contributed by atoms with Gasteiger partial charge in [-0.3, -0.25) is 4.90 Å². The number of amides is 1. The van der Waals surface area contributed by atoms with Gasteiger partial charge in [0.2, 0.25) is 0 Å². The third kappa shape index (κ3) is 3.92. The zero-order valence-electron chi connectivity index (χ0n) is 14.6. The highest BCUT2D eigenvalue weighted by molar-refractivity contribution is 5.70. The first-order valence-electron chi connectivity index (χ1n) is 8.35. The summed E-state index contributed by atoms with van der Waals surface area (Å²) < 4.78 is 50.7. The van der Waals surface area contributed by atoms with E-state index in [1.807, 2.05) is 20.8 Å². The van der Waals surface area contributed by atoms with Gasteiger partial charge in [0.05, 0.1) is 19.3 Å². The fourth-order valence-corrected chi connectivity index (χ4v) is 3.22. The average molecular weight is 357 g/mol. The molecule has 25 heavy (non-hydrogen) atoms. The van der Waals surface area contributed by atoms with Gasteiger partial charge in [0.15, 0.2) is 17.5 Å². The maximum atomic E-state index is 13.3. The third-order valence-electron chi connectivity index (χ3n) is 4.54. The van der Waals surface area contributed by atoms with Crippen molar-refractivity contribution >= 4 is 6.09 Å². The minimum Gasteiger partial charge on any atom is -0.444 e. The molecule has 1 heterocycles. The highest BCUT2D eigenvalue weighted by Crippen LogP contribution is 2.50. The zero-order valence-corrected chi connectivity index (χ0v) is 14.6. The second-order valence-corrected chi connectivity index (χ2v) is 7.83. The van der Waals surface area contributed by atoms with Crippen LogP contribution in [0.2, 0.25) is 0 Å². The summed E-state index contributed by atoms with van der Waals surface area (Å²) in [6, 6.07) is 1.85. The second-order valence-electron chi connectivity index (χ2n) is 7.83. The Kier molecular flexibility index (Phi) is 4.47. The Morgan fingerprint density at radius 3 is 2.36 bits per heavy atom. The van der Waals surface area contributed by atoms with E-state index in [4.69, 9.17) is 9.47 Å². The fourth-order valence-electron chi connectivity index (χ4n) is 3.22. The summed E-state index contributed by atoms with van der Waals surface area (Å²) in [6.45, 7) is 5.77. The monoisotopic (exact) mass is 357 g/mol. The molecule has 0 bridgehead atoms. The molecule has 1 saturated carbocycles. The number of ether oxygens (including phenoxy) is 2. The summed E-state index contributed by atoms with van der Waals surface area (Å²) >= 11 is 0. The van der Waals surface area contributed by atoms with Crippen molar-refractivity contribution in [3.05, 3.63) is 35.1 Å². The minimum atomic E-state index is -1.49. The molecule has 1 unspecified atom stereocenters. The topological polar surface area (TPSA) is 38.8 Å². The summed E-state index contributed by atoms with van der Waals surface area (Å²) in [6.07, 6.45) is 1.84. The van der Waals surface area contributed by atoms with Gasteiger partial charge < -0.3 is 9.47 Å². The Morgan fingerprint density at radius 1 is 1.24 bits per heavy atom. The lowest BCUT2D eigenvalue weighted by molar-refractivity contribution is 0.0136. The molecule has 7 heteroatoms. The number of nitrogens with zero attached hydrogens (tertiary/aromatic N) is 1. The van der Waals surface area contributed by atoms with Gasteiger partial charge in [-0.2, -0.15) is 0 Å². The lowest BCUT2D eigenvalue weighted by Crippen LogP contribution is -2.41. The van der Waals surface area contributed by atoms with Crippen molar-refractivity contribution in [2.75, 3.05) is 6.54 Å². The second kappa shape index (κ2) is 6.20. The predicted octanol–water partition coefficient (Wildman–Crippen LogP) is 4.16. The summed E-state index contributed by atoms with van der Waals surface area (Å²) in [7, 11) is 0. The Labute approximate surface area is 144 Å². The van der Waals surface area contributed by atoms with E-state index in [1.54, 1.807) is 4.90 Å². The Bertz CT molecular complexity index is 660. The maximum absolute atomic E-state index is 13.3. The molecular formula is C18H22F3NO3. The quantitative estimate of drug-likeness (QED) is 0.763. The predicted molar refractivity (Wildman–Crippen MR) is 84.4 cm³/mol. The van der Waals surface area contributed by atoms with Gasteiger partial charge in [0.1, 0.15) is 5.60 Å². The molecular weight excluding hydrogens is 335 g/mol. The van der Waals surface area contributed by atoms with E-state index in [2.05, 4.69) is 0 Å². The van der Waals surface area contributed by atoms with Gasteiger partial charge in [0.25, 0.3) is 0 Å². The van der Waals surface area contributed by atoms with Crippen LogP contribution in [0.4, 0.5) is 18.0 Å². The van der Waals surface area contributed by atoms with Gasteiger partial charge in [-0.15, -0.1) is 0 Å². The highest BCUT2D eigenvalue weighted by Gasteiger charge is 2.57.